The molecule has 1 amide bonds. The minimum Gasteiger partial charge on any atom is -0.449 e. The number of nitrogens with one attached hydrogen (secondary N) is 1. The third-order valence-electron chi connectivity index (χ3n) is 4.94. The van der Waals surface area contributed by atoms with Crippen LogP contribution in [0, 0.1) is 11.8 Å². The quantitative estimate of drug-likeness (QED) is 0.360. The van der Waals surface area contributed by atoms with E-state index in [1.807, 2.05) is 48.5 Å². The summed E-state index contributed by atoms with van der Waals surface area (Å²) >= 11 is 4.58. The first-order valence-electron chi connectivity index (χ1n) is 9.52. The summed E-state index contributed by atoms with van der Waals surface area (Å²) in [5.74, 6) is 5.94. The predicted octanol–water partition coefficient (Wildman–Crippen LogP) is 5.31. The average molecular weight is 410 g/mol. The van der Waals surface area contributed by atoms with Crippen LogP contribution in [0.3, 0.4) is 0 Å². The number of amides is 1. The molecule has 0 spiro atoms. The molecule has 0 heterocycles. The number of benzene rings is 3. The van der Waals surface area contributed by atoms with Crippen molar-refractivity contribution in [1.29, 1.82) is 0 Å². The Kier molecular flexibility index (Phi) is 6.01. The Morgan fingerprint density at radius 2 is 1.60 bits per heavy atom. The molecule has 0 aromatic heterocycles. The summed E-state index contributed by atoms with van der Waals surface area (Å²) in [6, 6.07) is 23.8. The second kappa shape index (κ2) is 9.19. The molecule has 0 unspecified atom stereocenters. The second-order valence-electron chi connectivity index (χ2n) is 6.73. The van der Waals surface area contributed by atoms with Crippen molar-refractivity contribution in [2.75, 3.05) is 13.2 Å². The van der Waals surface area contributed by atoms with Gasteiger partial charge < -0.3 is 10.1 Å². The highest BCUT2D eigenvalue weighted by atomic mass is 32.1. The molecule has 1 N–H and O–H groups in total. The molecule has 3 aromatic rings. The lowest BCUT2D eigenvalue weighted by Gasteiger charge is -2.14. The van der Waals surface area contributed by atoms with Crippen LogP contribution in [0.15, 0.2) is 77.8 Å². The maximum absolute atomic E-state index is 12.1. The van der Waals surface area contributed by atoms with Crippen molar-refractivity contribution in [2.45, 2.75) is 5.92 Å². The van der Waals surface area contributed by atoms with E-state index in [0.29, 0.717) is 0 Å². The molecule has 1 aliphatic rings. The molecule has 146 valence electrons. The van der Waals surface area contributed by atoms with E-state index in [-0.39, 0.29) is 19.1 Å². The average Bonchev–Trinajstić information content (AvgIpc) is 3.10. The van der Waals surface area contributed by atoms with E-state index in [0.717, 1.165) is 11.3 Å². The molecule has 0 bridgehead atoms. The zero-order valence-electron chi connectivity index (χ0n) is 16.1. The minimum absolute atomic E-state index is 0.0442. The van der Waals surface area contributed by atoms with Crippen LogP contribution in [0.4, 0.5) is 10.5 Å². The van der Waals surface area contributed by atoms with Gasteiger partial charge in [0.2, 0.25) is 0 Å². The molecule has 0 radical (unpaired) electrons. The zero-order valence-corrected chi connectivity index (χ0v) is 16.9. The highest BCUT2D eigenvalue weighted by Gasteiger charge is 2.28. The molecule has 3 aromatic carbocycles. The Hall–Kier alpha value is -3.71. The van der Waals surface area contributed by atoms with Crippen molar-refractivity contribution >= 4 is 29.2 Å². The van der Waals surface area contributed by atoms with E-state index in [1.54, 1.807) is 0 Å². The van der Waals surface area contributed by atoms with Gasteiger partial charge in [-0.2, -0.15) is 4.99 Å². The Balaban J connectivity index is 1.32. The first-order valence-corrected chi connectivity index (χ1v) is 9.93. The largest absolute Gasteiger partial charge is 0.449 e. The van der Waals surface area contributed by atoms with Crippen LogP contribution in [-0.4, -0.2) is 24.4 Å². The monoisotopic (exact) mass is 410 g/mol. The highest BCUT2D eigenvalue weighted by molar-refractivity contribution is 7.78. The summed E-state index contributed by atoms with van der Waals surface area (Å²) in [6.45, 7) is 0.492. The standard InChI is InChI=1S/C25H18N2O2S/c28-25(26-15-5-6-18-11-13-19(14-12-18)27-17-30)29-16-24-22-9-3-1-7-20(22)21-8-2-4-10-23(21)24/h1-4,7-14,24H,15-16H2,(H,26,28). The van der Waals surface area contributed by atoms with Gasteiger partial charge in [-0.1, -0.05) is 60.4 Å². The summed E-state index contributed by atoms with van der Waals surface area (Å²) in [6.07, 6.45) is -0.475. The van der Waals surface area contributed by atoms with Crippen LogP contribution >= 0.6 is 12.2 Å². The first kappa shape index (κ1) is 19.6. The summed E-state index contributed by atoms with van der Waals surface area (Å²) in [4.78, 5) is 16.0. The van der Waals surface area contributed by atoms with E-state index in [2.05, 4.69) is 63.8 Å². The molecule has 5 heteroatoms. The van der Waals surface area contributed by atoms with E-state index < -0.39 is 6.09 Å². The maximum atomic E-state index is 12.1. The van der Waals surface area contributed by atoms with E-state index in [1.165, 1.54) is 22.3 Å². The van der Waals surface area contributed by atoms with Crippen LogP contribution in [0.25, 0.3) is 11.1 Å². The number of aliphatic imine (C=N–C) groups is 1. The van der Waals surface area contributed by atoms with Crippen molar-refractivity contribution in [3.8, 4) is 23.0 Å². The number of alkyl carbamates (subject to hydrolysis) is 1. The fraction of sp³-hybridized carbons (Fsp3) is 0.120. The van der Waals surface area contributed by atoms with Gasteiger partial charge in [0.1, 0.15) is 6.61 Å². The Labute approximate surface area is 180 Å². The lowest BCUT2D eigenvalue weighted by molar-refractivity contribution is 0.144. The van der Waals surface area contributed by atoms with Gasteiger partial charge in [0.05, 0.1) is 17.4 Å². The topological polar surface area (TPSA) is 50.7 Å². The number of nitrogens with zero attached hydrogens (tertiary/aromatic N) is 1. The molecule has 0 saturated heterocycles. The number of hydrogen-bond donors (Lipinski definition) is 1. The third kappa shape index (κ3) is 4.31. The fourth-order valence-electron chi connectivity index (χ4n) is 3.58. The van der Waals surface area contributed by atoms with Gasteiger partial charge in [-0.05, 0) is 58.7 Å². The molecule has 0 atom stereocenters. The smallest absolute Gasteiger partial charge is 0.407 e. The number of carbonyl (C=O) groups is 1. The van der Waals surface area contributed by atoms with Crippen LogP contribution in [0.5, 0.6) is 0 Å². The SMILES string of the molecule is O=C(NCC#Cc1ccc(N=C=S)cc1)OCC1c2ccccc2-c2ccccc21. The lowest BCUT2D eigenvalue weighted by Crippen LogP contribution is -2.26. The summed E-state index contributed by atoms with van der Waals surface area (Å²) < 4.78 is 5.49. The molecule has 0 saturated carbocycles. The molecular weight excluding hydrogens is 392 g/mol. The van der Waals surface area contributed by atoms with Gasteiger partial charge in [-0.25, -0.2) is 4.79 Å². The summed E-state index contributed by atoms with van der Waals surface area (Å²) in [7, 11) is 0. The molecular formula is C25H18N2O2S. The normalized spacial score (nSPS) is 11.3. The number of ether oxygens (including phenoxy) is 1. The van der Waals surface area contributed by atoms with Crippen LogP contribution < -0.4 is 5.32 Å². The van der Waals surface area contributed by atoms with Crippen molar-refractivity contribution < 1.29 is 9.53 Å². The van der Waals surface area contributed by atoms with Gasteiger partial charge in [-0.3, -0.25) is 0 Å². The summed E-state index contributed by atoms with van der Waals surface area (Å²) in [5.41, 5.74) is 6.34. The number of carbonyl (C=O) groups excluding carboxylic acids is 1. The van der Waals surface area contributed by atoms with Gasteiger partial charge in [-0.15, -0.1) is 0 Å². The first-order chi connectivity index (χ1) is 14.8. The highest BCUT2D eigenvalue weighted by Crippen LogP contribution is 2.44. The van der Waals surface area contributed by atoms with E-state index in [4.69, 9.17) is 4.74 Å². The predicted molar refractivity (Wildman–Crippen MR) is 121 cm³/mol. The van der Waals surface area contributed by atoms with Crippen LogP contribution in [0.1, 0.15) is 22.6 Å². The van der Waals surface area contributed by atoms with E-state index >= 15 is 0 Å². The number of rotatable bonds is 4. The van der Waals surface area contributed by atoms with Gasteiger partial charge in [0, 0.05) is 11.5 Å². The van der Waals surface area contributed by atoms with Crippen molar-refractivity contribution in [3.05, 3.63) is 89.5 Å². The molecule has 4 rings (SSSR count). The fourth-order valence-corrected chi connectivity index (χ4v) is 3.69. The number of isothiocyanates is 1. The second-order valence-corrected chi connectivity index (χ2v) is 6.91. The van der Waals surface area contributed by atoms with Crippen LogP contribution in [0.2, 0.25) is 0 Å². The van der Waals surface area contributed by atoms with Crippen molar-refractivity contribution in [3.63, 3.8) is 0 Å². The Morgan fingerprint density at radius 3 is 2.23 bits per heavy atom. The zero-order chi connectivity index (χ0) is 20.8. The molecule has 0 fully saturated rings. The molecule has 1 aliphatic carbocycles. The summed E-state index contributed by atoms with van der Waals surface area (Å²) in [5, 5.41) is 5.00. The molecule has 0 aliphatic heterocycles. The maximum Gasteiger partial charge on any atom is 0.407 e. The minimum atomic E-state index is -0.475. The number of thiocarbonyl (C=S) groups is 1. The molecule has 30 heavy (non-hydrogen) atoms. The van der Waals surface area contributed by atoms with Crippen molar-refractivity contribution in [1.82, 2.24) is 5.32 Å². The molecule has 4 nitrogen and oxygen atoms in total. The lowest BCUT2D eigenvalue weighted by atomic mass is 9.98. The van der Waals surface area contributed by atoms with Gasteiger partial charge in [0.25, 0.3) is 0 Å². The number of hydrogen-bond acceptors (Lipinski definition) is 4. The van der Waals surface area contributed by atoms with Crippen molar-refractivity contribution in [2.24, 2.45) is 4.99 Å². The van der Waals surface area contributed by atoms with Gasteiger partial charge >= 0.3 is 6.09 Å². The third-order valence-corrected chi connectivity index (χ3v) is 5.03. The van der Waals surface area contributed by atoms with E-state index in [9.17, 15) is 4.79 Å². The van der Waals surface area contributed by atoms with Gasteiger partial charge in [0.15, 0.2) is 0 Å². The Morgan fingerprint density at radius 1 is 0.967 bits per heavy atom. The van der Waals surface area contributed by atoms with Crippen LogP contribution in [-0.2, 0) is 4.74 Å². The number of fused-ring (bicyclic) bond motifs is 3. The Bertz CT molecular complexity index is 1140.